The topological polar surface area (TPSA) is 403 Å². The number of hydrogen-bond donors (Lipinski definition) is 13. The average molecular weight is 831 g/mol. The highest BCUT2D eigenvalue weighted by Gasteiger charge is 2.57. The molecule has 0 bridgehead atoms. The highest BCUT2D eigenvalue weighted by Crippen LogP contribution is 2.35. The number of rotatable bonds is 13. The van der Waals surface area contributed by atoms with E-state index in [0.29, 0.717) is 0 Å². The van der Waals surface area contributed by atoms with Crippen LogP contribution in [0.15, 0.2) is 0 Å². The lowest BCUT2D eigenvalue weighted by atomic mass is 9.90. The Morgan fingerprint density at radius 3 is 1.63 bits per heavy atom. The Balaban J connectivity index is 1.67. The van der Waals surface area contributed by atoms with E-state index in [2.05, 4.69) is 10.6 Å². The second-order valence-electron chi connectivity index (χ2n) is 13.9. The lowest BCUT2D eigenvalue weighted by Crippen LogP contribution is -2.70. The van der Waals surface area contributed by atoms with E-state index in [-0.39, 0.29) is 0 Å². The monoisotopic (exact) mass is 830 g/mol. The third-order valence-electron chi connectivity index (χ3n) is 9.89. The predicted molar refractivity (Wildman–Crippen MR) is 176 cm³/mol. The van der Waals surface area contributed by atoms with E-state index < -0.39 is 165 Å². The number of carbonyl (C=O) groups excluding carboxylic acids is 3. The van der Waals surface area contributed by atoms with Gasteiger partial charge in [0, 0.05) is 19.8 Å². The first-order valence-electron chi connectivity index (χ1n) is 17.6. The van der Waals surface area contributed by atoms with Crippen molar-refractivity contribution in [1.29, 1.82) is 0 Å². The molecule has 0 aromatic rings. The Morgan fingerprint density at radius 1 is 0.614 bits per heavy atom. The van der Waals surface area contributed by atoms with Crippen LogP contribution in [0.25, 0.3) is 0 Å². The summed E-state index contributed by atoms with van der Waals surface area (Å²) >= 11 is 0. The first-order chi connectivity index (χ1) is 26.7. The van der Waals surface area contributed by atoms with Gasteiger partial charge in [0.1, 0.15) is 73.7 Å². The molecule has 4 fully saturated rings. The molecule has 0 saturated carbocycles. The van der Waals surface area contributed by atoms with Crippen molar-refractivity contribution in [2.75, 3.05) is 13.2 Å². The van der Waals surface area contributed by atoms with Gasteiger partial charge in [0.2, 0.25) is 11.8 Å². The van der Waals surface area contributed by atoms with Crippen LogP contribution < -0.4 is 21.9 Å². The summed E-state index contributed by atoms with van der Waals surface area (Å²) in [4.78, 5) is 60.8. The van der Waals surface area contributed by atoms with Crippen LogP contribution in [0, 0.1) is 5.92 Å². The fourth-order valence-electron chi connectivity index (χ4n) is 6.96. The molecule has 0 spiro atoms. The van der Waals surface area contributed by atoms with Gasteiger partial charge in [0.05, 0.1) is 24.9 Å². The molecule has 20 atom stereocenters. The van der Waals surface area contributed by atoms with E-state index in [0.717, 1.165) is 13.8 Å². The van der Waals surface area contributed by atoms with Crippen LogP contribution in [-0.4, -0.2) is 205 Å². The maximum atomic E-state index is 12.6. The number of carbonyl (C=O) groups is 5. The van der Waals surface area contributed by atoms with Gasteiger partial charge in [-0.25, -0.2) is 20.2 Å². The van der Waals surface area contributed by atoms with Gasteiger partial charge in [0.15, 0.2) is 31.1 Å². The normalized spacial score (nSPS) is 43.6. The van der Waals surface area contributed by atoms with Gasteiger partial charge in [-0.1, -0.05) is 6.92 Å². The fraction of sp³-hybridized carbons (Fsp3) is 0.839. The summed E-state index contributed by atoms with van der Waals surface area (Å²) < 4.78 is 44.5. The minimum absolute atomic E-state index is 0.598. The summed E-state index contributed by atoms with van der Waals surface area (Å²) in [6, 6.07) is -2.93. The van der Waals surface area contributed by atoms with E-state index in [1.54, 1.807) is 5.43 Å². The molecular formula is C31H50N4O22. The van der Waals surface area contributed by atoms with Gasteiger partial charge in [-0.15, -0.1) is 0 Å². The van der Waals surface area contributed by atoms with E-state index in [9.17, 15) is 69.9 Å². The summed E-state index contributed by atoms with van der Waals surface area (Å²) in [5.74, 6) is -0.952. The fourth-order valence-corrected chi connectivity index (χ4v) is 6.96. The summed E-state index contributed by atoms with van der Waals surface area (Å²) in [6.07, 6.45) is -32.7. The molecular weight excluding hydrogens is 780 g/mol. The van der Waals surface area contributed by atoms with Crippen molar-refractivity contribution >= 4 is 29.8 Å². The second kappa shape index (κ2) is 19.5. The maximum Gasteiger partial charge on any atom is 0.421 e. The molecule has 4 aliphatic rings. The SMILES string of the molecule is CC(=O)NC1C(C)OC(CO)[C@@H](O)[C@@H]1O[C@@H]1OC(C(=O)O)[C@@H](O[C@@H]2OC(COC(=O)NN)[C@@H](O)[C@H](O[C@@H]3OC(C(=O)O)C(C)[C@H](O)C3O)C2NC(C)=O)[C@H](O)C1O. The molecule has 14 N–H and O–H groups in total. The van der Waals surface area contributed by atoms with Gasteiger partial charge in [-0.3, -0.25) is 15.0 Å². The molecule has 26 nitrogen and oxygen atoms in total. The number of aliphatic hydroxyl groups is 7. The van der Waals surface area contributed by atoms with Gasteiger partial charge in [-0.2, -0.15) is 0 Å². The number of aliphatic carboxylic acids is 2. The molecule has 4 aliphatic heterocycles. The zero-order valence-corrected chi connectivity index (χ0v) is 30.9. The average Bonchev–Trinajstić information content (AvgIpc) is 3.14. The molecule has 0 aromatic heterocycles. The Morgan fingerprint density at radius 2 is 1.11 bits per heavy atom. The van der Waals surface area contributed by atoms with E-state index in [1.165, 1.54) is 13.8 Å². The molecule has 326 valence electrons. The second-order valence-corrected chi connectivity index (χ2v) is 13.9. The van der Waals surface area contributed by atoms with Crippen LogP contribution >= 0.6 is 0 Å². The standard InChI is InChI=1S/C31H50N4O22/c1-7-15(39)19(43)29(53-21(7)26(45)46)55-23-14(34-10(4)38)28(52-12(17(23)41)6-50-31(49)35-32)56-24-18(42)20(44)30(57-25(24)27(47)48)54-22-13(33-9(3)37)8(2)51-11(5-36)16(22)40/h7-8,11-25,28-30,36,39-44H,5-6,32H2,1-4H3,(H,33,37)(H,34,38)(H,35,49)(H,45,46)(H,47,48)/t7?,8?,11?,12?,13?,14?,15-,16+,17+,18+,19?,20?,21?,22+,23+,24-,25?,28-,29-,30+/m0/s1. The zero-order valence-electron chi connectivity index (χ0n) is 30.9. The molecule has 26 heteroatoms. The van der Waals surface area contributed by atoms with Crippen molar-refractivity contribution in [3.63, 3.8) is 0 Å². The van der Waals surface area contributed by atoms with Crippen molar-refractivity contribution in [2.45, 2.75) is 144 Å². The molecule has 57 heavy (non-hydrogen) atoms. The minimum atomic E-state index is -2.27. The lowest BCUT2D eigenvalue weighted by molar-refractivity contribution is -0.365. The highest BCUT2D eigenvalue weighted by molar-refractivity contribution is 5.74. The van der Waals surface area contributed by atoms with E-state index in [4.69, 9.17) is 43.7 Å². The first-order valence-corrected chi connectivity index (χ1v) is 17.6. The van der Waals surface area contributed by atoms with Crippen LogP contribution in [0.4, 0.5) is 4.79 Å². The van der Waals surface area contributed by atoms with Crippen molar-refractivity contribution in [2.24, 2.45) is 11.8 Å². The number of carboxylic acids is 2. The van der Waals surface area contributed by atoms with E-state index >= 15 is 0 Å². The summed E-state index contributed by atoms with van der Waals surface area (Å²) in [5.41, 5.74) is 1.66. The third-order valence-corrected chi connectivity index (χ3v) is 9.89. The number of aliphatic hydroxyl groups excluding tert-OH is 7. The number of carboxylic acid groups (broad SMARTS) is 2. The molecule has 3 amide bonds. The Hall–Kier alpha value is -3.45. The number of amides is 3. The Bertz CT molecular complexity index is 1430. The quantitative estimate of drug-likeness (QED) is 0.0466. The van der Waals surface area contributed by atoms with Crippen LogP contribution in [0.3, 0.4) is 0 Å². The minimum Gasteiger partial charge on any atom is -0.479 e. The Labute approximate surface area is 322 Å². The molecule has 4 saturated heterocycles. The number of nitrogens with two attached hydrogens (primary N) is 1. The predicted octanol–water partition coefficient (Wildman–Crippen LogP) is -7.32. The van der Waals surface area contributed by atoms with Crippen molar-refractivity contribution in [1.82, 2.24) is 16.1 Å². The number of hydrazine groups is 1. The van der Waals surface area contributed by atoms with Crippen LogP contribution in [0.5, 0.6) is 0 Å². The van der Waals surface area contributed by atoms with E-state index in [1.807, 2.05) is 0 Å². The van der Waals surface area contributed by atoms with Gasteiger partial charge in [-0.05, 0) is 6.92 Å². The summed E-state index contributed by atoms with van der Waals surface area (Å²) in [6.45, 7) is 3.31. The number of nitrogens with one attached hydrogen (secondary N) is 3. The van der Waals surface area contributed by atoms with Crippen LogP contribution in [0.1, 0.15) is 27.7 Å². The van der Waals surface area contributed by atoms with Gasteiger partial charge >= 0.3 is 18.0 Å². The van der Waals surface area contributed by atoms with Crippen molar-refractivity contribution in [3.05, 3.63) is 0 Å². The highest BCUT2D eigenvalue weighted by atomic mass is 16.8. The largest absolute Gasteiger partial charge is 0.479 e. The molecule has 0 radical (unpaired) electrons. The zero-order chi connectivity index (χ0) is 42.6. The smallest absolute Gasteiger partial charge is 0.421 e. The summed E-state index contributed by atoms with van der Waals surface area (Å²) in [7, 11) is 0. The van der Waals surface area contributed by atoms with Crippen molar-refractivity contribution < 1.29 is 108 Å². The van der Waals surface area contributed by atoms with Gasteiger partial charge in [0.25, 0.3) is 0 Å². The van der Waals surface area contributed by atoms with Crippen LogP contribution in [-0.2, 0) is 57.1 Å². The van der Waals surface area contributed by atoms with Gasteiger partial charge < -0.3 is 94.5 Å². The Kier molecular flexibility index (Phi) is 15.8. The van der Waals surface area contributed by atoms with Crippen LogP contribution in [0.2, 0.25) is 0 Å². The first kappa shape index (κ1) is 46.2. The molecule has 4 rings (SSSR count). The van der Waals surface area contributed by atoms with Crippen molar-refractivity contribution in [3.8, 4) is 0 Å². The molecule has 10 unspecified atom stereocenters. The third kappa shape index (κ3) is 10.4. The number of hydrogen-bond acceptors (Lipinski definition) is 21. The summed E-state index contributed by atoms with van der Waals surface area (Å²) in [5, 5.41) is 101. The number of ether oxygens (including phenoxy) is 8. The molecule has 4 heterocycles. The maximum absolute atomic E-state index is 12.6. The molecule has 0 aliphatic carbocycles. The molecule has 0 aromatic carbocycles. The lowest BCUT2D eigenvalue weighted by Gasteiger charge is -2.50.